The summed E-state index contributed by atoms with van der Waals surface area (Å²) in [5, 5.41) is 1.28. The number of rotatable bonds is 0. The van der Waals surface area contributed by atoms with Crippen LogP contribution in [0.1, 0.15) is 0 Å². The Morgan fingerprint density at radius 1 is 1.00 bits per heavy atom. The number of aromatic amines is 1. The van der Waals surface area contributed by atoms with Crippen molar-refractivity contribution < 1.29 is 0 Å². The third-order valence-corrected chi connectivity index (χ3v) is 1.46. The average Bonchev–Trinajstić information content (AvgIpc) is 2.33. The fourth-order valence-electron chi connectivity index (χ4n) is 0.995. The molecule has 0 aliphatic carbocycles. The van der Waals surface area contributed by atoms with Crippen LogP contribution in [0, 0.1) is 0 Å². The maximum absolute atomic E-state index is 3.12. The van der Waals surface area contributed by atoms with Gasteiger partial charge in [0.1, 0.15) is 0 Å². The second-order valence-electron chi connectivity index (χ2n) is 2.06. The summed E-state index contributed by atoms with van der Waals surface area (Å²) < 4.78 is 0. The van der Waals surface area contributed by atoms with E-state index in [4.69, 9.17) is 0 Å². The molecule has 2 heteroatoms. The molecule has 1 aromatic heterocycles. The smallest absolute Gasteiger partial charge is 0.0453 e. The molecular formula is C8H11NSn. The predicted molar refractivity (Wildman–Crippen MR) is 49.6 cm³/mol. The van der Waals surface area contributed by atoms with Gasteiger partial charge in [0, 0.05) is 11.7 Å². The molecular weight excluding hydrogens is 229 g/mol. The number of fused-ring (bicyclic) bond motifs is 1. The standard InChI is InChI=1S/C8H7N.Sn.4H/c1-2-4-8-7(3-1)5-6-9-8;;;;;/h1-6,9H;;;;;. The Morgan fingerprint density at radius 3 is 2.60 bits per heavy atom. The Kier molecular flexibility index (Phi) is 2.38. The number of benzene rings is 1. The summed E-state index contributed by atoms with van der Waals surface area (Å²) in [5.41, 5.74) is 1.21. The summed E-state index contributed by atoms with van der Waals surface area (Å²) in [7, 11) is 0. The molecule has 1 nitrogen and oxygen atoms in total. The molecule has 0 unspecified atom stereocenters. The number of hydrogen-bond donors (Lipinski definition) is 1. The number of hydrogen-bond acceptors (Lipinski definition) is 0. The monoisotopic (exact) mass is 241 g/mol. The SMILES string of the molecule is [SnH4].c1ccc2[nH]ccc2c1. The van der Waals surface area contributed by atoms with Gasteiger partial charge in [-0.3, -0.25) is 0 Å². The molecule has 0 radical (unpaired) electrons. The first-order chi connectivity index (χ1) is 4.47. The van der Waals surface area contributed by atoms with Crippen LogP contribution in [0.4, 0.5) is 0 Å². The van der Waals surface area contributed by atoms with Crippen molar-refractivity contribution in [1.29, 1.82) is 0 Å². The van der Waals surface area contributed by atoms with E-state index in [0.29, 0.717) is 0 Å². The average molecular weight is 240 g/mol. The molecule has 1 aromatic carbocycles. The normalized spacial score (nSPS) is 9.20. The van der Waals surface area contributed by atoms with E-state index in [0.717, 1.165) is 0 Å². The fourth-order valence-corrected chi connectivity index (χ4v) is 0.995. The Hall–Kier alpha value is -0.441. The van der Waals surface area contributed by atoms with Crippen LogP contribution in [0.2, 0.25) is 0 Å². The Morgan fingerprint density at radius 2 is 1.80 bits per heavy atom. The first-order valence-corrected chi connectivity index (χ1v) is 2.99. The summed E-state index contributed by atoms with van der Waals surface area (Å²) >= 11 is 0. The van der Waals surface area contributed by atoms with E-state index in [-0.39, 0.29) is 23.9 Å². The number of nitrogens with one attached hydrogen (secondary N) is 1. The van der Waals surface area contributed by atoms with Gasteiger partial charge < -0.3 is 4.98 Å². The van der Waals surface area contributed by atoms with Crippen LogP contribution in [0.3, 0.4) is 0 Å². The van der Waals surface area contributed by atoms with E-state index in [1.165, 1.54) is 10.9 Å². The first kappa shape index (κ1) is 7.66. The van der Waals surface area contributed by atoms with Crippen LogP contribution < -0.4 is 0 Å². The largest absolute Gasteiger partial charge is 0.361 e. The number of aromatic nitrogens is 1. The van der Waals surface area contributed by atoms with Crippen molar-refractivity contribution in [2.24, 2.45) is 0 Å². The molecule has 2 aromatic rings. The molecule has 1 heterocycles. The number of para-hydroxylation sites is 1. The molecule has 1 N–H and O–H groups in total. The third-order valence-electron chi connectivity index (χ3n) is 1.46. The molecule has 0 aliphatic rings. The molecule has 0 saturated carbocycles. The van der Waals surface area contributed by atoms with Gasteiger partial charge in [-0.1, -0.05) is 18.2 Å². The van der Waals surface area contributed by atoms with Crippen molar-refractivity contribution in [2.45, 2.75) is 0 Å². The van der Waals surface area contributed by atoms with E-state index in [1.54, 1.807) is 0 Å². The van der Waals surface area contributed by atoms with E-state index < -0.39 is 0 Å². The van der Waals surface area contributed by atoms with Gasteiger partial charge in [0.05, 0.1) is 0 Å². The summed E-state index contributed by atoms with van der Waals surface area (Å²) in [6, 6.07) is 10.3. The van der Waals surface area contributed by atoms with E-state index >= 15 is 0 Å². The summed E-state index contributed by atoms with van der Waals surface area (Å²) in [5.74, 6) is 0. The van der Waals surface area contributed by atoms with Gasteiger partial charge in [-0.05, 0) is 17.5 Å². The van der Waals surface area contributed by atoms with Crippen molar-refractivity contribution in [1.82, 2.24) is 4.98 Å². The molecule has 0 amide bonds. The Bertz CT molecular complexity index is 283. The fraction of sp³-hybridized carbons (Fsp3) is 0. The van der Waals surface area contributed by atoms with Gasteiger partial charge in [0.15, 0.2) is 0 Å². The first-order valence-electron chi connectivity index (χ1n) is 2.99. The van der Waals surface area contributed by atoms with Crippen LogP contribution in [-0.4, -0.2) is 28.9 Å². The van der Waals surface area contributed by atoms with Crippen LogP contribution in [0.15, 0.2) is 36.5 Å². The maximum Gasteiger partial charge on any atom is 0.0453 e. The second-order valence-corrected chi connectivity index (χ2v) is 2.06. The van der Waals surface area contributed by atoms with Crippen LogP contribution in [0.5, 0.6) is 0 Å². The predicted octanol–water partition coefficient (Wildman–Crippen LogP) is 0.716. The zero-order chi connectivity index (χ0) is 6.10. The van der Waals surface area contributed by atoms with Gasteiger partial charge in [-0.25, -0.2) is 0 Å². The molecule has 2 rings (SSSR count). The van der Waals surface area contributed by atoms with Gasteiger partial charge >= 0.3 is 23.9 Å². The summed E-state index contributed by atoms with van der Waals surface area (Å²) in [4.78, 5) is 3.12. The van der Waals surface area contributed by atoms with Crippen LogP contribution in [0.25, 0.3) is 10.9 Å². The topological polar surface area (TPSA) is 15.8 Å². The summed E-state index contributed by atoms with van der Waals surface area (Å²) in [6.45, 7) is 0. The van der Waals surface area contributed by atoms with Crippen molar-refractivity contribution in [3.8, 4) is 0 Å². The number of H-pyrrole nitrogens is 1. The molecule has 0 bridgehead atoms. The Balaban J connectivity index is 0.000000500. The van der Waals surface area contributed by atoms with E-state index in [9.17, 15) is 0 Å². The van der Waals surface area contributed by atoms with Gasteiger partial charge in [-0.15, -0.1) is 0 Å². The second kappa shape index (κ2) is 3.10. The molecule has 0 fully saturated rings. The molecule has 0 saturated heterocycles. The minimum Gasteiger partial charge on any atom is -0.361 e. The van der Waals surface area contributed by atoms with E-state index in [1.807, 2.05) is 18.3 Å². The molecule has 0 atom stereocenters. The van der Waals surface area contributed by atoms with Crippen LogP contribution in [-0.2, 0) is 0 Å². The minimum atomic E-state index is 0. The van der Waals surface area contributed by atoms with E-state index in [2.05, 4.69) is 23.2 Å². The molecule has 52 valence electrons. The van der Waals surface area contributed by atoms with Gasteiger partial charge in [-0.2, -0.15) is 0 Å². The van der Waals surface area contributed by atoms with Gasteiger partial charge in [0.25, 0.3) is 0 Å². The van der Waals surface area contributed by atoms with Crippen molar-refractivity contribution in [3.05, 3.63) is 36.5 Å². The zero-order valence-electron chi connectivity index (χ0n) is 4.96. The maximum atomic E-state index is 3.12. The molecule has 10 heavy (non-hydrogen) atoms. The molecule has 0 aliphatic heterocycles. The van der Waals surface area contributed by atoms with Crippen LogP contribution >= 0.6 is 0 Å². The minimum absolute atomic E-state index is 0. The summed E-state index contributed by atoms with van der Waals surface area (Å²) in [6.07, 6.45) is 1.95. The van der Waals surface area contributed by atoms with Crippen molar-refractivity contribution in [2.75, 3.05) is 0 Å². The zero-order valence-corrected chi connectivity index (χ0v) is 4.96. The van der Waals surface area contributed by atoms with Gasteiger partial charge in [0.2, 0.25) is 0 Å². The third kappa shape index (κ3) is 1.19. The quantitative estimate of drug-likeness (QED) is 0.653. The van der Waals surface area contributed by atoms with Crippen molar-refractivity contribution >= 4 is 34.8 Å². The van der Waals surface area contributed by atoms with Crippen molar-refractivity contribution in [3.63, 3.8) is 0 Å². The Labute approximate surface area is 76.4 Å². The molecule has 0 spiro atoms.